The second kappa shape index (κ2) is 5.66. The Morgan fingerprint density at radius 3 is 2.69 bits per heavy atom. The lowest BCUT2D eigenvalue weighted by Gasteiger charge is -2.18. The summed E-state index contributed by atoms with van der Waals surface area (Å²) in [7, 11) is 1.97. The Kier molecular flexibility index (Phi) is 4.50. The van der Waals surface area contributed by atoms with Crippen molar-refractivity contribution in [3.63, 3.8) is 0 Å². The molecule has 3 nitrogen and oxygen atoms in total. The highest BCUT2D eigenvalue weighted by Gasteiger charge is 2.08. The smallest absolute Gasteiger partial charge is 0.129 e. The number of likely N-dealkylation sites (N-methyl/N-ethyl adjacent to an activating group) is 1. The lowest BCUT2D eigenvalue weighted by Crippen LogP contribution is -2.19. The Hall–Kier alpha value is -1.35. The summed E-state index contributed by atoms with van der Waals surface area (Å²) in [4.78, 5) is 6.58. The maximum atomic E-state index is 9.21. The lowest BCUT2D eigenvalue weighted by molar-refractivity contribution is 0.281. The standard InChI is InChI=1S/C13H20N2O/c1-5-6-15(4)13-8-11(9-16)7-12(14-13)10(2)3/h5,7-8,10,16H,1,6,9H2,2-4H3. The second-order valence-corrected chi connectivity index (χ2v) is 4.24. The molecule has 0 atom stereocenters. The van der Waals surface area contributed by atoms with Gasteiger partial charge >= 0.3 is 0 Å². The van der Waals surface area contributed by atoms with E-state index in [9.17, 15) is 5.11 Å². The first kappa shape index (κ1) is 12.7. The summed E-state index contributed by atoms with van der Waals surface area (Å²) in [6.45, 7) is 8.71. The van der Waals surface area contributed by atoms with Crippen molar-refractivity contribution in [2.24, 2.45) is 0 Å². The Morgan fingerprint density at radius 1 is 1.50 bits per heavy atom. The normalized spacial score (nSPS) is 10.6. The molecule has 0 amide bonds. The third kappa shape index (κ3) is 3.07. The molecule has 1 heterocycles. The molecule has 1 aromatic rings. The Balaban J connectivity index is 3.08. The number of aromatic nitrogens is 1. The first-order valence-electron chi connectivity index (χ1n) is 5.52. The van der Waals surface area contributed by atoms with Crippen LogP contribution in [-0.4, -0.2) is 23.7 Å². The predicted molar refractivity (Wildman–Crippen MR) is 67.7 cm³/mol. The van der Waals surface area contributed by atoms with Crippen LogP contribution >= 0.6 is 0 Å². The fraction of sp³-hybridized carbons (Fsp3) is 0.462. The highest BCUT2D eigenvalue weighted by atomic mass is 16.3. The molecule has 1 rings (SSSR count). The van der Waals surface area contributed by atoms with Gasteiger partial charge in [0.25, 0.3) is 0 Å². The van der Waals surface area contributed by atoms with Gasteiger partial charge in [0.1, 0.15) is 5.82 Å². The van der Waals surface area contributed by atoms with Crippen LogP contribution in [0.2, 0.25) is 0 Å². The van der Waals surface area contributed by atoms with E-state index in [2.05, 4.69) is 25.4 Å². The van der Waals surface area contributed by atoms with E-state index >= 15 is 0 Å². The van der Waals surface area contributed by atoms with Gasteiger partial charge in [0.2, 0.25) is 0 Å². The highest BCUT2D eigenvalue weighted by molar-refractivity contribution is 5.43. The van der Waals surface area contributed by atoms with Gasteiger partial charge in [-0.05, 0) is 23.6 Å². The third-order valence-corrected chi connectivity index (χ3v) is 2.46. The molecule has 0 aromatic carbocycles. The molecule has 0 aliphatic rings. The number of anilines is 1. The zero-order valence-electron chi connectivity index (χ0n) is 10.3. The molecular weight excluding hydrogens is 200 g/mol. The van der Waals surface area contributed by atoms with E-state index in [0.29, 0.717) is 5.92 Å². The quantitative estimate of drug-likeness (QED) is 0.774. The van der Waals surface area contributed by atoms with E-state index in [1.165, 1.54) is 0 Å². The summed E-state index contributed by atoms with van der Waals surface area (Å²) in [5.41, 5.74) is 1.92. The van der Waals surface area contributed by atoms with Gasteiger partial charge in [0.15, 0.2) is 0 Å². The summed E-state index contributed by atoms with van der Waals surface area (Å²) < 4.78 is 0. The van der Waals surface area contributed by atoms with Crippen LogP contribution in [0, 0.1) is 0 Å². The van der Waals surface area contributed by atoms with Crippen LogP contribution in [0.25, 0.3) is 0 Å². The Morgan fingerprint density at radius 2 is 2.19 bits per heavy atom. The average Bonchev–Trinajstić information content (AvgIpc) is 2.28. The SMILES string of the molecule is C=CCN(C)c1cc(CO)cc(C(C)C)n1. The first-order valence-corrected chi connectivity index (χ1v) is 5.52. The molecule has 1 N–H and O–H groups in total. The average molecular weight is 220 g/mol. The fourth-order valence-electron chi connectivity index (χ4n) is 1.46. The van der Waals surface area contributed by atoms with Crippen LogP contribution in [0.15, 0.2) is 24.8 Å². The number of nitrogens with zero attached hydrogens (tertiary/aromatic N) is 2. The van der Waals surface area contributed by atoms with E-state index < -0.39 is 0 Å². The van der Waals surface area contributed by atoms with Crippen LogP contribution in [0.1, 0.15) is 31.0 Å². The van der Waals surface area contributed by atoms with Crippen molar-refractivity contribution in [2.45, 2.75) is 26.4 Å². The van der Waals surface area contributed by atoms with E-state index in [1.807, 2.05) is 30.2 Å². The van der Waals surface area contributed by atoms with Crippen molar-refractivity contribution < 1.29 is 5.11 Å². The second-order valence-electron chi connectivity index (χ2n) is 4.24. The van der Waals surface area contributed by atoms with Crippen LogP contribution in [0.5, 0.6) is 0 Å². The summed E-state index contributed by atoms with van der Waals surface area (Å²) in [6.07, 6.45) is 1.84. The minimum atomic E-state index is 0.0527. The Bertz CT molecular complexity index is 361. The van der Waals surface area contributed by atoms with E-state index in [-0.39, 0.29) is 6.61 Å². The van der Waals surface area contributed by atoms with Crippen molar-refractivity contribution in [2.75, 3.05) is 18.5 Å². The molecule has 1 aromatic heterocycles. The van der Waals surface area contributed by atoms with Crippen molar-refractivity contribution >= 4 is 5.82 Å². The monoisotopic (exact) mass is 220 g/mol. The minimum Gasteiger partial charge on any atom is -0.392 e. The van der Waals surface area contributed by atoms with Crippen LogP contribution < -0.4 is 4.90 Å². The summed E-state index contributed by atoms with van der Waals surface area (Å²) in [5.74, 6) is 1.25. The molecule has 0 bridgehead atoms. The molecule has 88 valence electrons. The molecule has 0 unspecified atom stereocenters. The molecule has 0 radical (unpaired) electrons. The van der Waals surface area contributed by atoms with Gasteiger partial charge in [-0.15, -0.1) is 6.58 Å². The zero-order chi connectivity index (χ0) is 12.1. The summed E-state index contributed by atoms with van der Waals surface area (Å²) in [5, 5.41) is 9.21. The molecule has 0 spiro atoms. The predicted octanol–water partition coefficient (Wildman–Crippen LogP) is 2.32. The number of rotatable bonds is 5. The number of hydrogen-bond acceptors (Lipinski definition) is 3. The number of aliphatic hydroxyl groups excluding tert-OH is 1. The molecular formula is C13H20N2O. The number of hydrogen-bond donors (Lipinski definition) is 1. The maximum absolute atomic E-state index is 9.21. The van der Waals surface area contributed by atoms with Crippen LogP contribution in [-0.2, 0) is 6.61 Å². The van der Waals surface area contributed by atoms with E-state index in [4.69, 9.17) is 0 Å². The largest absolute Gasteiger partial charge is 0.392 e. The van der Waals surface area contributed by atoms with Crippen molar-refractivity contribution in [3.05, 3.63) is 36.0 Å². The van der Waals surface area contributed by atoms with Crippen molar-refractivity contribution in [3.8, 4) is 0 Å². The molecule has 3 heteroatoms. The molecule has 0 fully saturated rings. The van der Waals surface area contributed by atoms with Gasteiger partial charge in [0.05, 0.1) is 6.61 Å². The van der Waals surface area contributed by atoms with Crippen LogP contribution in [0.3, 0.4) is 0 Å². The van der Waals surface area contributed by atoms with Gasteiger partial charge in [0, 0.05) is 19.3 Å². The summed E-state index contributed by atoms with van der Waals surface area (Å²) in [6, 6.07) is 3.87. The van der Waals surface area contributed by atoms with Crippen molar-refractivity contribution in [1.82, 2.24) is 4.98 Å². The van der Waals surface area contributed by atoms with E-state index in [1.54, 1.807) is 0 Å². The van der Waals surface area contributed by atoms with Gasteiger partial charge in [-0.1, -0.05) is 19.9 Å². The molecule has 0 aliphatic carbocycles. The molecule has 0 aliphatic heterocycles. The Labute approximate surface area is 97.4 Å². The van der Waals surface area contributed by atoms with Crippen LogP contribution in [0.4, 0.5) is 5.82 Å². The first-order chi connectivity index (χ1) is 7.58. The third-order valence-electron chi connectivity index (χ3n) is 2.46. The molecule has 0 saturated heterocycles. The lowest BCUT2D eigenvalue weighted by atomic mass is 10.1. The number of pyridine rings is 1. The van der Waals surface area contributed by atoms with Gasteiger partial charge in [-0.25, -0.2) is 4.98 Å². The van der Waals surface area contributed by atoms with Crippen molar-refractivity contribution in [1.29, 1.82) is 0 Å². The minimum absolute atomic E-state index is 0.0527. The van der Waals surface area contributed by atoms with E-state index in [0.717, 1.165) is 23.6 Å². The maximum Gasteiger partial charge on any atom is 0.129 e. The van der Waals surface area contributed by atoms with Gasteiger partial charge in [-0.3, -0.25) is 0 Å². The highest BCUT2D eigenvalue weighted by Crippen LogP contribution is 2.19. The fourth-order valence-corrected chi connectivity index (χ4v) is 1.46. The summed E-state index contributed by atoms with van der Waals surface area (Å²) >= 11 is 0. The van der Waals surface area contributed by atoms with Gasteiger partial charge in [-0.2, -0.15) is 0 Å². The zero-order valence-corrected chi connectivity index (χ0v) is 10.3. The van der Waals surface area contributed by atoms with Gasteiger partial charge < -0.3 is 10.0 Å². The molecule has 0 saturated carbocycles. The number of aliphatic hydroxyl groups is 1. The topological polar surface area (TPSA) is 36.4 Å². The molecule has 16 heavy (non-hydrogen) atoms.